The quantitative estimate of drug-likeness (QED) is 0.744. The fourth-order valence-corrected chi connectivity index (χ4v) is 2.87. The standard InChI is InChI=1S/C18H22ClN3O4/c1-11(2)18-21-16(26-22-18)4-3-5-20-15(23)10-12-8-13(19)17-14(9-12)24-6-7-25-17/h8-9,11H,3-7,10H2,1-2H3,(H,20,23). The summed E-state index contributed by atoms with van der Waals surface area (Å²) in [6.45, 7) is 5.52. The third-order valence-corrected chi connectivity index (χ3v) is 4.19. The molecular weight excluding hydrogens is 358 g/mol. The van der Waals surface area contributed by atoms with Crippen LogP contribution in [0.15, 0.2) is 16.7 Å². The largest absolute Gasteiger partial charge is 0.486 e. The van der Waals surface area contributed by atoms with Gasteiger partial charge in [0.25, 0.3) is 0 Å². The molecule has 2 heterocycles. The summed E-state index contributed by atoms with van der Waals surface area (Å²) in [7, 11) is 0. The molecule has 1 N–H and O–H groups in total. The highest BCUT2D eigenvalue weighted by Crippen LogP contribution is 2.38. The number of aryl methyl sites for hydroxylation is 1. The molecule has 0 bridgehead atoms. The lowest BCUT2D eigenvalue weighted by Crippen LogP contribution is -2.26. The van der Waals surface area contributed by atoms with E-state index in [-0.39, 0.29) is 18.2 Å². The van der Waals surface area contributed by atoms with Gasteiger partial charge in [0, 0.05) is 18.9 Å². The molecule has 1 amide bonds. The molecule has 1 aromatic carbocycles. The number of carbonyl (C=O) groups is 1. The molecule has 140 valence electrons. The Balaban J connectivity index is 1.45. The molecular formula is C18H22ClN3O4. The second kappa shape index (κ2) is 8.40. The van der Waals surface area contributed by atoms with Crippen LogP contribution in [-0.4, -0.2) is 35.8 Å². The summed E-state index contributed by atoms with van der Waals surface area (Å²) >= 11 is 6.19. The van der Waals surface area contributed by atoms with Gasteiger partial charge in [-0.25, -0.2) is 0 Å². The highest BCUT2D eigenvalue weighted by Gasteiger charge is 2.17. The molecule has 0 spiro atoms. The molecule has 0 atom stereocenters. The number of aromatic nitrogens is 2. The number of carbonyl (C=O) groups excluding carboxylic acids is 1. The minimum atomic E-state index is -0.0776. The molecule has 0 aliphatic carbocycles. The first kappa shape index (κ1) is 18.5. The van der Waals surface area contributed by atoms with Crippen LogP contribution in [0.25, 0.3) is 0 Å². The van der Waals surface area contributed by atoms with E-state index in [1.807, 2.05) is 13.8 Å². The smallest absolute Gasteiger partial charge is 0.226 e. The number of ether oxygens (including phenoxy) is 2. The number of benzene rings is 1. The summed E-state index contributed by atoms with van der Waals surface area (Å²) in [5.74, 6) is 2.60. The number of fused-ring (bicyclic) bond motifs is 1. The van der Waals surface area contributed by atoms with Gasteiger partial charge in [0.05, 0.1) is 11.4 Å². The van der Waals surface area contributed by atoms with Gasteiger partial charge in [0.15, 0.2) is 17.3 Å². The van der Waals surface area contributed by atoms with Gasteiger partial charge in [-0.05, 0) is 24.1 Å². The maximum absolute atomic E-state index is 12.1. The Morgan fingerprint density at radius 2 is 2.12 bits per heavy atom. The van der Waals surface area contributed by atoms with Crippen molar-refractivity contribution in [3.8, 4) is 11.5 Å². The van der Waals surface area contributed by atoms with Gasteiger partial charge >= 0.3 is 0 Å². The third kappa shape index (κ3) is 4.66. The summed E-state index contributed by atoms with van der Waals surface area (Å²) in [5.41, 5.74) is 0.787. The van der Waals surface area contributed by atoms with E-state index < -0.39 is 0 Å². The first-order valence-corrected chi connectivity index (χ1v) is 9.08. The number of hydrogen-bond acceptors (Lipinski definition) is 6. The lowest BCUT2D eigenvalue weighted by Gasteiger charge is -2.20. The van der Waals surface area contributed by atoms with Crippen LogP contribution in [-0.2, 0) is 17.6 Å². The molecule has 0 saturated heterocycles. The second-order valence-corrected chi connectivity index (χ2v) is 6.84. The molecule has 26 heavy (non-hydrogen) atoms. The van der Waals surface area contributed by atoms with Gasteiger partial charge in [-0.3, -0.25) is 4.79 Å². The molecule has 0 unspecified atom stereocenters. The number of nitrogens with one attached hydrogen (secondary N) is 1. The van der Waals surface area contributed by atoms with Crippen molar-refractivity contribution >= 4 is 17.5 Å². The van der Waals surface area contributed by atoms with Crippen LogP contribution in [0.5, 0.6) is 11.5 Å². The zero-order chi connectivity index (χ0) is 18.5. The maximum Gasteiger partial charge on any atom is 0.226 e. The number of amides is 1. The Kier molecular flexibility index (Phi) is 5.98. The SMILES string of the molecule is CC(C)c1noc(CCCNC(=O)Cc2cc(Cl)c3c(c2)OCCO3)n1. The minimum absolute atomic E-state index is 0.0776. The molecule has 3 rings (SSSR count). The van der Waals surface area contributed by atoms with Gasteiger partial charge in [0.2, 0.25) is 11.8 Å². The number of nitrogens with zero attached hydrogens (tertiary/aromatic N) is 2. The van der Waals surface area contributed by atoms with Crippen molar-refractivity contribution in [3.05, 3.63) is 34.4 Å². The van der Waals surface area contributed by atoms with Crippen molar-refractivity contribution in [1.82, 2.24) is 15.5 Å². The monoisotopic (exact) mass is 379 g/mol. The molecule has 1 aliphatic heterocycles. The number of hydrogen-bond donors (Lipinski definition) is 1. The maximum atomic E-state index is 12.1. The van der Waals surface area contributed by atoms with Crippen LogP contribution in [0.2, 0.25) is 5.02 Å². The minimum Gasteiger partial charge on any atom is -0.486 e. The Morgan fingerprint density at radius 1 is 1.31 bits per heavy atom. The average Bonchev–Trinajstić information content (AvgIpc) is 3.08. The predicted octanol–water partition coefficient (Wildman–Crippen LogP) is 2.91. The molecule has 8 heteroatoms. The normalized spacial score (nSPS) is 13.1. The van der Waals surface area contributed by atoms with Gasteiger partial charge in [-0.1, -0.05) is 30.6 Å². The van der Waals surface area contributed by atoms with Crippen molar-refractivity contribution < 1.29 is 18.8 Å². The predicted molar refractivity (Wildman–Crippen MR) is 95.9 cm³/mol. The summed E-state index contributed by atoms with van der Waals surface area (Å²) < 4.78 is 16.2. The van der Waals surface area contributed by atoms with E-state index >= 15 is 0 Å². The van der Waals surface area contributed by atoms with Crippen LogP contribution >= 0.6 is 11.6 Å². The zero-order valence-corrected chi connectivity index (χ0v) is 15.6. The zero-order valence-electron chi connectivity index (χ0n) is 14.9. The van der Waals surface area contributed by atoms with Crippen LogP contribution in [0.3, 0.4) is 0 Å². The third-order valence-electron chi connectivity index (χ3n) is 3.91. The van der Waals surface area contributed by atoms with E-state index in [9.17, 15) is 4.79 Å². The molecule has 2 aromatic rings. The molecule has 0 radical (unpaired) electrons. The lowest BCUT2D eigenvalue weighted by atomic mass is 10.1. The van der Waals surface area contributed by atoms with Gasteiger partial charge in [-0.15, -0.1) is 0 Å². The van der Waals surface area contributed by atoms with Crippen LogP contribution in [0, 0.1) is 0 Å². The van der Waals surface area contributed by atoms with Crippen molar-refractivity contribution in [2.75, 3.05) is 19.8 Å². The van der Waals surface area contributed by atoms with Crippen molar-refractivity contribution in [1.29, 1.82) is 0 Å². The van der Waals surface area contributed by atoms with E-state index in [1.54, 1.807) is 12.1 Å². The summed E-state index contributed by atoms with van der Waals surface area (Å²) in [6.07, 6.45) is 1.59. The fourth-order valence-electron chi connectivity index (χ4n) is 2.59. The van der Waals surface area contributed by atoms with Crippen molar-refractivity contribution in [2.24, 2.45) is 0 Å². The average molecular weight is 380 g/mol. The lowest BCUT2D eigenvalue weighted by molar-refractivity contribution is -0.120. The number of rotatable bonds is 7. The number of halogens is 1. The van der Waals surface area contributed by atoms with Crippen molar-refractivity contribution in [2.45, 2.75) is 39.0 Å². The molecule has 0 fully saturated rings. The Bertz CT molecular complexity index is 776. The Morgan fingerprint density at radius 3 is 2.88 bits per heavy atom. The molecule has 7 nitrogen and oxygen atoms in total. The Labute approximate surface area is 157 Å². The highest BCUT2D eigenvalue weighted by atomic mass is 35.5. The summed E-state index contributed by atoms with van der Waals surface area (Å²) in [5, 5.41) is 7.27. The summed E-state index contributed by atoms with van der Waals surface area (Å²) in [4.78, 5) is 16.4. The molecule has 1 aromatic heterocycles. The van der Waals surface area contributed by atoms with E-state index in [0.29, 0.717) is 54.4 Å². The first-order valence-electron chi connectivity index (χ1n) is 8.70. The van der Waals surface area contributed by atoms with Gasteiger partial charge < -0.3 is 19.3 Å². The van der Waals surface area contributed by atoms with E-state index in [2.05, 4.69) is 15.5 Å². The summed E-state index contributed by atoms with van der Waals surface area (Å²) in [6, 6.07) is 3.53. The van der Waals surface area contributed by atoms with Crippen LogP contribution < -0.4 is 14.8 Å². The topological polar surface area (TPSA) is 86.5 Å². The Hall–Kier alpha value is -2.28. The van der Waals surface area contributed by atoms with E-state index in [1.165, 1.54) is 0 Å². The second-order valence-electron chi connectivity index (χ2n) is 6.43. The van der Waals surface area contributed by atoms with Crippen LogP contribution in [0.4, 0.5) is 0 Å². The van der Waals surface area contributed by atoms with E-state index in [4.69, 9.17) is 25.6 Å². The van der Waals surface area contributed by atoms with Gasteiger partial charge in [0.1, 0.15) is 13.2 Å². The van der Waals surface area contributed by atoms with E-state index in [0.717, 1.165) is 12.0 Å². The molecule has 1 aliphatic rings. The highest BCUT2D eigenvalue weighted by molar-refractivity contribution is 6.32. The first-order chi connectivity index (χ1) is 12.5. The van der Waals surface area contributed by atoms with Gasteiger partial charge in [-0.2, -0.15) is 4.98 Å². The molecule has 0 saturated carbocycles. The van der Waals surface area contributed by atoms with Crippen LogP contribution in [0.1, 0.15) is 43.5 Å². The van der Waals surface area contributed by atoms with Crippen molar-refractivity contribution in [3.63, 3.8) is 0 Å². The fraction of sp³-hybridized carbons (Fsp3) is 0.500.